The Morgan fingerprint density at radius 3 is 2.51 bits per heavy atom. The number of nitrogens with zero attached hydrogens (tertiary/aromatic N) is 7. The number of carbonyl (C=O) groups is 1. The van der Waals surface area contributed by atoms with Gasteiger partial charge in [0.05, 0.1) is 38.0 Å². The van der Waals surface area contributed by atoms with Crippen LogP contribution in [0.3, 0.4) is 0 Å². The Labute approximate surface area is 202 Å². The lowest BCUT2D eigenvalue weighted by Gasteiger charge is -2.18. The Morgan fingerprint density at radius 1 is 1.06 bits per heavy atom. The summed E-state index contributed by atoms with van der Waals surface area (Å²) in [6, 6.07) is 9.32. The summed E-state index contributed by atoms with van der Waals surface area (Å²) in [5.41, 5.74) is 4.40. The molecule has 10 nitrogen and oxygen atoms in total. The van der Waals surface area contributed by atoms with Gasteiger partial charge in [-0.25, -0.2) is 9.98 Å². The molecule has 4 heterocycles. The molecule has 10 heteroatoms. The summed E-state index contributed by atoms with van der Waals surface area (Å²) in [7, 11) is 5.08. The van der Waals surface area contributed by atoms with E-state index in [-0.39, 0.29) is 5.91 Å². The van der Waals surface area contributed by atoms with Crippen LogP contribution < -0.4 is 15.0 Å². The van der Waals surface area contributed by atoms with Crippen LogP contribution >= 0.6 is 0 Å². The zero-order valence-corrected chi connectivity index (χ0v) is 20.0. The van der Waals surface area contributed by atoms with Gasteiger partial charge >= 0.3 is 0 Å². The van der Waals surface area contributed by atoms with Crippen molar-refractivity contribution >= 4 is 22.8 Å². The summed E-state index contributed by atoms with van der Waals surface area (Å²) in [6.07, 6.45) is 6.91. The summed E-state index contributed by atoms with van der Waals surface area (Å²) in [6.45, 7) is 1.88. The van der Waals surface area contributed by atoms with Crippen molar-refractivity contribution in [3.05, 3.63) is 54.4 Å². The second-order valence-electron chi connectivity index (χ2n) is 8.38. The molecule has 1 aromatic carbocycles. The standard InChI is InChI=1S/C25H27N7O3/c1-30-16-17(14-27-30)22-15-26-21-6-7-23(28-18-11-19(34-2)13-20(12-18)35-3)32(25(21)29-22)10-9-31-8-4-5-24(31)33/h6-7,11-16H,4-5,8-10H2,1-3H3/b28-23+. The highest BCUT2D eigenvalue weighted by molar-refractivity contribution is 5.78. The molecule has 1 aliphatic heterocycles. The molecule has 3 aromatic heterocycles. The third kappa shape index (κ3) is 4.72. The second kappa shape index (κ2) is 9.57. The number of hydrogen-bond donors (Lipinski definition) is 0. The topological polar surface area (TPSA) is 99.7 Å². The van der Waals surface area contributed by atoms with Crippen LogP contribution in [0.4, 0.5) is 5.69 Å². The van der Waals surface area contributed by atoms with Gasteiger partial charge in [0, 0.05) is 63.1 Å². The molecular weight excluding hydrogens is 446 g/mol. The summed E-state index contributed by atoms with van der Waals surface area (Å²) >= 11 is 0. The quantitative estimate of drug-likeness (QED) is 0.409. The van der Waals surface area contributed by atoms with Gasteiger partial charge in [0.2, 0.25) is 5.91 Å². The average molecular weight is 474 g/mol. The van der Waals surface area contributed by atoms with E-state index in [0.717, 1.165) is 29.7 Å². The van der Waals surface area contributed by atoms with Crippen LogP contribution in [0.2, 0.25) is 0 Å². The predicted octanol–water partition coefficient (Wildman–Crippen LogP) is 2.70. The van der Waals surface area contributed by atoms with Crippen LogP contribution in [0.25, 0.3) is 22.4 Å². The van der Waals surface area contributed by atoms with E-state index >= 15 is 0 Å². The van der Waals surface area contributed by atoms with E-state index in [4.69, 9.17) is 19.5 Å². The first-order valence-corrected chi connectivity index (χ1v) is 11.5. The molecular formula is C25H27N7O3. The maximum Gasteiger partial charge on any atom is 0.222 e. The SMILES string of the molecule is COc1cc(/N=c2\ccc3ncc(-c4cnn(C)c4)nc3n2CCN2CCCC2=O)cc(OC)c1. The van der Waals surface area contributed by atoms with Crippen LogP contribution in [-0.4, -0.2) is 62.4 Å². The first kappa shape index (κ1) is 22.6. The van der Waals surface area contributed by atoms with E-state index in [1.54, 1.807) is 37.4 Å². The van der Waals surface area contributed by atoms with Crippen molar-refractivity contribution in [1.82, 2.24) is 29.2 Å². The Balaban J connectivity index is 1.65. The van der Waals surface area contributed by atoms with Crippen LogP contribution in [0.15, 0.2) is 53.9 Å². The Bertz CT molecular complexity index is 1430. The molecule has 180 valence electrons. The number of methoxy groups -OCH3 is 2. The molecule has 0 bridgehead atoms. The van der Waals surface area contributed by atoms with Crippen LogP contribution in [0.5, 0.6) is 11.5 Å². The fourth-order valence-electron chi connectivity index (χ4n) is 4.22. The van der Waals surface area contributed by atoms with Gasteiger partial charge in [0.1, 0.15) is 22.5 Å². The van der Waals surface area contributed by atoms with Crippen molar-refractivity contribution in [3.8, 4) is 22.8 Å². The van der Waals surface area contributed by atoms with E-state index in [9.17, 15) is 4.79 Å². The molecule has 0 saturated carbocycles. The van der Waals surface area contributed by atoms with Crippen LogP contribution in [0, 0.1) is 0 Å². The van der Waals surface area contributed by atoms with Crippen molar-refractivity contribution < 1.29 is 14.3 Å². The molecule has 5 rings (SSSR count). The maximum atomic E-state index is 12.2. The number of aromatic nitrogens is 5. The number of hydrogen-bond acceptors (Lipinski definition) is 7. The summed E-state index contributed by atoms with van der Waals surface area (Å²) in [5.74, 6) is 1.48. The highest BCUT2D eigenvalue weighted by Gasteiger charge is 2.20. The minimum Gasteiger partial charge on any atom is -0.497 e. The molecule has 0 spiro atoms. The molecule has 1 fully saturated rings. The van der Waals surface area contributed by atoms with Gasteiger partial charge in [-0.05, 0) is 18.6 Å². The van der Waals surface area contributed by atoms with Gasteiger partial charge in [-0.3, -0.25) is 14.5 Å². The third-order valence-corrected chi connectivity index (χ3v) is 6.05. The van der Waals surface area contributed by atoms with Gasteiger partial charge in [-0.1, -0.05) is 0 Å². The van der Waals surface area contributed by atoms with Crippen LogP contribution in [-0.2, 0) is 18.4 Å². The molecule has 1 amide bonds. The van der Waals surface area contributed by atoms with Gasteiger partial charge in [0.25, 0.3) is 0 Å². The van der Waals surface area contributed by atoms with Gasteiger partial charge in [-0.2, -0.15) is 5.10 Å². The Kier molecular flexibility index (Phi) is 6.17. The number of benzene rings is 1. The van der Waals surface area contributed by atoms with Gasteiger partial charge in [-0.15, -0.1) is 0 Å². The first-order chi connectivity index (χ1) is 17.0. The minimum absolute atomic E-state index is 0.184. The first-order valence-electron chi connectivity index (χ1n) is 11.5. The molecule has 0 atom stereocenters. The molecule has 0 aliphatic carbocycles. The van der Waals surface area contributed by atoms with Crippen LogP contribution in [0.1, 0.15) is 12.8 Å². The molecule has 1 aliphatic rings. The number of likely N-dealkylation sites (tertiary alicyclic amines) is 1. The normalized spacial score (nSPS) is 14.2. The van der Waals surface area contributed by atoms with E-state index in [2.05, 4.69) is 10.1 Å². The number of aryl methyl sites for hydroxylation is 1. The molecule has 1 saturated heterocycles. The number of ether oxygens (including phenoxy) is 2. The van der Waals surface area contributed by atoms with Crippen molar-refractivity contribution in [2.75, 3.05) is 27.3 Å². The van der Waals surface area contributed by atoms with E-state index in [1.165, 1.54) is 0 Å². The Morgan fingerprint density at radius 2 is 1.86 bits per heavy atom. The largest absolute Gasteiger partial charge is 0.497 e. The predicted molar refractivity (Wildman–Crippen MR) is 130 cm³/mol. The number of amides is 1. The average Bonchev–Trinajstić information content (AvgIpc) is 3.50. The lowest BCUT2D eigenvalue weighted by atomic mass is 10.2. The van der Waals surface area contributed by atoms with E-state index in [1.807, 2.05) is 47.0 Å². The minimum atomic E-state index is 0.184. The van der Waals surface area contributed by atoms with Gasteiger partial charge in [0.15, 0.2) is 5.65 Å². The highest BCUT2D eigenvalue weighted by atomic mass is 16.5. The van der Waals surface area contributed by atoms with Crippen molar-refractivity contribution in [2.24, 2.45) is 12.0 Å². The van der Waals surface area contributed by atoms with Crippen molar-refractivity contribution in [1.29, 1.82) is 0 Å². The second-order valence-corrected chi connectivity index (χ2v) is 8.38. The fourth-order valence-corrected chi connectivity index (χ4v) is 4.22. The highest BCUT2D eigenvalue weighted by Crippen LogP contribution is 2.27. The lowest BCUT2D eigenvalue weighted by Crippen LogP contribution is -2.32. The molecule has 0 N–H and O–H groups in total. The zero-order chi connectivity index (χ0) is 24.4. The fraction of sp³-hybridized carbons (Fsp3) is 0.320. The molecule has 0 radical (unpaired) electrons. The lowest BCUT2D eigenvalue weighted by molar-refractivity contribution is -0.127. The van der Waals surface area contributed by atoms with Gasteiger partial charge < -0.3 is 18.9 Å². The molecule has 35 heavy (non-hydrogen) atoms. The van der Waals surface area contributed by atoms with Crippen molar-refractivity contribution in [3.63, 3.8) is 0 Å². The molecule has 0 unspecified atom stereocenters. The number of pyridine rings is 1. The third-order valence-electron chi connectivity index (χ3n) is 6.05. The maximum absolute atomic E-state index is 12.2. The van der Waals surface area contributed by atoms with E-state index in [0.29, 0.717) is 47.8 Å². The van der Waals surface area contributed by atoms with Crippen molar-refractivity contribution in [2.45, 2.75) is 19.4 Å². The molecule has 4 aromatic rings. The number of rotatable bonds is 7. The smallest absolute Gasteiger partial charge is 0.222 e. The summed E-state index contributed by atoms with van der Waals surface area (Å²) < 4.78 is 14.6. The Hall–Kier alpha value is -4.21. The number of carbonyl (C=O) groups excluding carboxylic acids is 1. The van der Waals surface area contributed by atoms with E-state index < -0.39 is 0 Å². The zero-order valence-electron chi connectivity index (χ0n) is 20.0. The monoisotopic (exact) mass is 473 g/mol. The summed E-state index contributed by atoms with van der Waals surface area (Å²) in [4.78, 5) is 28.6. The summed E-state index contributed by atoms with van der Waals surface area (Å²) in [5, 5.41) is 4.25. The number of fused-ring (bicyclic) bond motifs is 1.